The third kappa shape index (κ3) is 3.76. The van der Waals surface area contributed by atoms with Crippen molar-refractivity contribution < 1.29 is 19.5 Å². The molecule has 0 bridgehead atoms. The van der Waals surface area contributed by atoms with Gasteiger partial charge in [0.05, 0.1) is 18.7 Å². The van der Waals surface area contributed by atoms with Crippen molar-refractivity contribution in [3.05, 3.63) is 66.1 Å². The zero-order valence-electron chi connectivity index (χ0n) is 13.7. The van der Waals surface area contributed by atoms with Gasteiger partial charge in [-0.2, -0.15) is 0 Å². The van der Waals surface area contributed by atoms with Crippen molar-refractivity contribution in [2.24, 2.45) is 0 Å². The SMILES string of the molecule is O=C(Nc1cccc(NC2=CC(=O)N(CCO)C2=O)c1)c1cccnc1. The first-order chi connectivity index (χ1) is 12.6. The number of pyridine rings is 1. The summed E-state index contributed by atoms with van der Waals surface area (Å²) in [7, 11) is 0. The van der Waals surface area contributed by atoms with Gasteiger partial charge in [0.25, 0.3) is 17.7 Å². The summed E-state index contributed by atoms with van der Waals surface area (Å²) in [6.07, 6.45) is 4.22. The highest BCUT2D eigenvalue weighted by Crippen LogP contribution is 2.20. The number of amides is 3. The average molecular weight is 352 g/mol. The number of hydrogen-bond acceptors (Lipinski definition) is 6. The van der Waals surface area contributed by atoms with E-state index in [0.717, 1.165) is 4.90 Å². The van der Waals surface area contributed by atoms with E-state index in [9.17, 15) is 14.4 Å². The van der Waals surface area contributed by atoms with Crippen LogP contribution in [-0.2, 0) is 9.59 Å². The molecule has 8 heteroatoms. The lowest BCUT2D eigenvalue weighted by Gasteiger charge is -2.14. The number of anilines is 2. The Morgan fingerprint density at radius 3 is 2.69 bits per heavy atom. The molecule has 0 radical (unpaired) electrons. The van der Waals surface area contributed by atoms with E-state index in [1.54, 1.807) is 42.6 Å². The summed E-state index contributed by atoms with van der Waals surface area (Å²) < 4.78 is 0. The molecule has 3 amide bonds. The predicted molar refractivity (Wildman–Crippen MR) is 94.1 cm³/mol. The van der Waals surface area contributed by atoms with Crippen LogP contribution < -0.4 is 10.6 Å². The first kappa shape index (κ1) is 17.3. The number of aromatic nitrogens is 1. The summed E-state index contributed by atoms with van der Waals surface area (Å²) in [4.78, 5) is 40.9. The summed E-state index contributed by atoms with van der Waals surface area (Å²) in [5.74, 6) is -1.29. The van der Waals surface area contributed by atoms with Gasteiger partial charge in [-0.05, 0) is 30.3 Å². The molecule has 132 valence electrons. The molecule has 2 aromatic rings. The summed E-state index contributed by atoms with van der Waals surface area (Å²) in [6, 6.07) is 10.1. The number of rotatable bonds is 6. The second-order valence-electron chi connectivity index (χ2n) is 5.48. The normalized spacial score (nSPS) is 13.6. The maximum absolute atomic E-state index is 12.2. The first-order valence-electron chi connectivity index (χ1n) is 7.85. The third-order valence-corrected chi connectivity index (χ3v) is 3.66. The van der Waals surface area contributed by atoms with Crippen LogP contribution >= 0.6 is 0 Å². The van der Waals surface area contributed by atoms with Gasteiger partial charge < -0.3 is 15.7 Å². The maximum atomic E-state index is 12.2. The fourth-order valence-corrected chi connectivity index (χ4v) is 2.44. The van der Waals surface area contributed by atoms with Crippen molar-refractivity contribution in [1.82, 2.24) is 9.88 Å². The standard InChI is InChI=1S/C18H16N4O4/c23-8-7-22-16(24)10-15(18(22)26)20-13-4-1-5-14(9-13)21-17(25)12-3-2-6-19-11-12/h1-6,9-11,20,23H,7-8H2,(H,21,25). The number of aliphatic hydroxyl groups excluding tert-OH is 1. The Morgan fingerprint density at radius 2 is 1.96 bits per heavy atom. The van der Waals surface area contributed by atoms with Gasteiger partial charge in [-0.1, -0.05) is 6.07 Å². The van der Waals surface area contributed by atoms with Crippen molar-refractivity contribution in [2.75, 3.05) is 23.8 Å². The number of aliphatic hydroxyl groups is 1. The summed E-state index contributed by atoms with van der Waals surface area (Å²) in [5, 5.41) is 14.5. The van der Waals surface area contributed by atoms with Crippen LogP contribution in [0.25, 0.3) is 0 Å². The van der Waals surface area contributed by atoms with Crippen molar-refractivity contribution in [3.63, 3.8) is 0 Å². The van der Waals surface area contributed by atoms with Gasteiger partial charge in [0.1, 0.15) is 5.70 Å². The van der Waals surface area contributed by atoms with Crippen molar-refractivity contribution >= 4 is 29.1 Å². The van der Waals surface area contributed by atoms with Crippen LogP contribution in [0, 0.1) is 0 Å². The van der Waals surface area contributed by atoms with Crippen LogP contribution in [0.4, 0.5) is 11.4 Å². The van der Waals surface area contributed by atoms with E-state index in [1.165, 1.54) is 12.3 Å². The van der Waals surface area contributed by atoms with Crippen molar-refractivity contribution in [3.8, 4) is 0 Å². The molecule has 0 aliphatic carbocycles. The number of imide groups is 1. The Balaban J connectivity index is 1.70. The third-order valence-electron chi connectivity index (χ3n) is 3.66. The van der Waals surface area contributed by atoms with Gasteiger partial charge in [-0.15, -0.1) is 0 Å². The lowest BCUT2D eigenvalue weighted by molar-refractivity contribution is -0.137. The Kier molecular flexibility index (Phi) is 5.04. The Labute approximate surface area is 149 Å². The molecule has 0 saturated heterocycles. The van der Waals surface area contributed by atoms with E-state index < -0.39 is 11.8 Å². The zero-order chi connectivity index (χ0) is 18.5. The molecule has 1 aliphatic heterocycles. The molecule has 1 aromatic heterocycles. The Bertz CT molecular complexity index is 880. The fraction of sp³-hybridized carbons (Fsp3) is 0.111. The van der Waals surface area contributed by atoms with E-state index in [1.807, 2.05) is 0 Å². The van der Waals surface area contributed by atoms with E-state index in [2.05, 4.69) is 15.6 Å². The van der Waals surface area contributed by atoms with Gasteiger partial charge in [0, 0.05) is 29.8 Å². The second-order valence-corrected chi connectivity index (χ2v) is 5.48. The molecular weight excluding hydrogens is 336 g/mol. The molecule has 2 heterocycles. The number of carbonyl (C=O) groups excluding carboxylic acids is 3. The smallest absolute Gasteiger partial charge is 0.277 e. The molecule has 8 nitrogen and oxygen atoms in total. The van der Waals surface area contributed by atoms with Crippen LogP contribution in [0.15, 0.2) is 60.6 Å². The topological polar surface area (TPSA) is 112 Å². The lowest BCUT2D eigenvalue weighted by Crippen LogP contribution is -2.34. The molecule has 0 atom stereocenters. The highest BCUT2D eigenvalue weighted by atomic mass is 16.3. The number of nitrogens with zero attached hydrogens (tertiary/aromatic N) is 2. The van der Waals surface area contributed by atoms with Gasteiger partial charge >= 0.3 is 0 Å². The van der Waals surface area contributed by atoms with E-state index in [0.29, 0.717) is 16.9 Å². The van der Waals surface area contributed by atoms with Crippen LogP contribution in [0.3, 0.4) is 0 Å². The van der Waals surface area contributed by atoms with E-state index in [-0.39, 0.29) is 24.8 Å². The first-order valence-corrected chi connectivity index (χ1v) is 7.85. The predicted octanol–water partition coefficient (Wildman–Crippen LogP) is 0.991. The Morgan fingerprint density at radius 1 is 1.15 bits per heavy atom. The van der Waals surface area contributed by atoms with E-state index in [4.69, 9.17) is 5.11 Å². The van der Waals surface area contributed by atoms with Crippen LogP contribution in [0.5, 0.6) is 0 Å². The van der Waals surface area contributed by atoms with E-state index >= 15 is 0 Å². The minimum absolute atomic E-state index is 0.0550. The highest BCUT2D eigenvalue weighted by Gasteiger charge is 2.30. The summed E-state index contributed by atoms with van der Waals surface area (Å²) in [6.45, 7) is -0.352. The largest absolute Gasteiger partial charge is 0.395 e. The molecule has 0 spiro atoms. The second kappa shape index (κ2) is 7.58. The van der Waals surface area contributed by atoms with Crippen molar-refractivity contribution in [1.29, 1.82) is 0 Å². The lowest BCUT2D eigenvalue weighted by atomic mass is 10.2. The van der Waals surface area contributed by atoms with Crippen LogP contribution in [-0.4, -0.2) is 45.9 Å². The average Bonchev–Trinajstić information content (AvgIpc) is 2.90. The van der Waals surface area contributed by atoms with Gasteiger partial charge in [-0.3, -0.25) is 24.3 Å². The summed E-state index contributed by atoms with van der Waals surface area (Å²) in [5.41, 5.74) is 1.59. The number of β-amino-alcohol motifs (C(OH)–C–C–N with tert-alkyl or cyclic N) is 1. The molecule has 0 fully saturated rings. The monoisotopic (exact) mass is 352 g/mol. The van der Waals surface area contributed by atoms with Crippen LogP contribution in [0.2, 0.25) is 0 Å². The van der Waals surface area contributed by atoms with Gasteiger partial charge in [0.2, 0.25) is 0 Å². The zero-order valence-corrected chi connectivity index (χ0v) is 13.7. The molecule has 3 rings (SSSR count). The minimum atomic E-state index is -0.506. The van der Waals surface area contributed by atoms with Gasteiger partial charge in [0.15, 0.2) is 0 Å². The molecule has 26 heavy (non-hydrogen) atoms. The molecule has 0 saturated carbocycles. The minimum Gasteiger partial charge on any atom is -0.395 e. The Hall–Kier alpha value is -3.52. The number of hydrogen-bond donors (Lipinski definition) is 3. The quantitative estimate of drug-likeness (QED) is 0.669. The van der Waals surface area contributed by atoms with Crippen molar-refractivity contribution in [2.45, 2.75) is 0 Å². The molecular formula is C18H16N4O4. The number of carbonyl (C=O) groups is 3. The molecule has 1 aliphatic rings. The van der Waals surface area contributed by atoms with Gasteiger partial charge in [-0.25, -0.2) is 0 Å². The fourth-order valence-electron chi connectivity index (χ4n) is 2.44. The number of nitrogens with one attached hydrogen (secondary N) is 2. The molecule has 1 aromatic carbocycles. The number of benzene rings is 1. The molecule has 0 unspecified atom stereocenters. The summed E-state index contributed by atoms with van der Waals surface area (Å²) >= 11 is 0. The van der Waals surface area contributed by atoms with Crippen LogP contribution in [0.1, 0.15) is 10.4 Å². The maximum Gasteiger partial charge on any atom is 0.277 e. The highest BCUT2D eigenvalue weighted by molar-refractivity contribution is 6.17. The molecule has 3 N–H and O–H groups in total.